The highest BCUT2D eigenvalue weighted by atomic mass is 19.2. The van der Waals surface area contributed by atoms with E-state index in [0.717, 1.165) is 0 Å². The zero-order valence-corrected chi connectivity index (χ0v) is 10.9. The Kier molecular flexibility index (Phi) is 7.16. The molecule has 17 heteroatoms. The van der Waals surface area contributed by atoms with Gasteiger partial charge in [-0.1, -0.05) is 8.78 Å². The lowest BCUT2D eigenvalue weighted by Gasteiger charge is -2.10. The van der Waals surface area contributed by atoms with E-state index in [1.54, 1.807) is 0 Å². The average molecular weight is 350 g/mol. The van der Waals surface area contributed by atoms with E-state index in [-0.39, 0.29) is 0 Å². The van der Waals surface area contributed by atoms with Crippen molar-refractivity contribution in [3.8, 4) is 0 Å². The van der Waals surface area contributed by atoms with Crippen molar-refractivity contribution in [2.75, 3.05) is 26.8 Å². The number of rotatable bonds is 12. The first kappa shape index (κ1) is 20.3. The largest absolute Gasteiger partial charge is 0.637 e. The van der Waals surface area contributed by atoms with Crippen molar-refractivity contribution in [1.82, 2.24) is 0 Å². The molecule has 0 unspecified atom stereocenters. The van der Waals surface area contributed by atoms with Gasteiger partial charge in [0.15, 0.2) is 13.6 Å². The standard InChI is InChI=1S/C6H8F2N4O11/c7-5(9(13)14,10(15)16)1-21-3-23-4-22-2-6(8,11(17)18)12(19)20/h1-4H2. The predicted octanol–water partition coefficient (Wildman–Crippen LogP) is -0.695. The molecule has 0 aliphatic carbocycles. The Balaban J connectivity index is 4.12. The third-order valence-corrected chi connectivity index (χ3v) is 2.02. The van der Waals surface area contributed by atoms with Crippen LogP contribution in [0.2, 0.25) is 0 Å². The van der Waals surface area contributed by atoms with Gasteiger partial charge < -0.3 is 14.2 Å². The van der Waals surface area contributed by atoms with Gasteiger partial charge in [-0.05, 0) is 0 Å². The highest BCUT2D eigenvalue weighted by Gasteiger charge is 2.59. The fourth-order valence-electron chi connectivity index (χ4n) is 0.839. The maximum absolute atomic E-state index is 13.1. The molecule has 0 aromatic carbocycles. The summed E-state index contributed by atoms with van der Waals surface area (Å²) in [6.45, 7) is -5.29. The van der Waals surface area contributed by atoms with Gasteiger partial charge in [-0.3, -0.25) is 40.5 Å². The third kappa shape index (κ3) is 5.23. The molecule has 0 bridgehead atoms. The molecule has 0 heterocycles. The van der Waals surface area contributed by atoms with Crippen molar-refractivity contribution in [3.63, 3.8) is 0 Å². The maximum atomic E-state index is 13.1. The van der Waals surface area contributed by atoms with Gasteiger partial charge >= 0.3 is 11.8 Å². The van der Waals surface area contributed by atoms with Gasteiger partial charge in [-0.15, -0.1) is 0 Å². The van der Waals surface area contributed by atoms with Crippen LogP contribution in [-0.2, 0) is 14.2 Å². The van der Waals surface area contributed by atoms with Crippen molar-refractivity contribution in [2.24, 2.45) is 0 Å². The van der Waals surface area contributed by atoms with Crippen LogP contribution in [0.5, 0.6) is 0 Å². The van der Waals surface area contributed by atoms with Crippen LogP contribution in [0.3, 0.4) is 0 Å². The molecule has 0 saturated carbocycles. The number of nitro groups is 4. The molecule has 0 aliphatic rings. The summed E-state index contributed by atoms with van der Waals surface area (Å²) in [5.74, 6) is -8.23. The molecular formula is C6H8F2N4O11. The van der Waals surface area contributed by atoms with E-state index in [0.29, 0.717) is 0 Å². The van der Waals surface area contributed by atoms with Crippen LogP contribution < -0.4 is 0 Å². The van der Waals surface area contributed by atoms with E-state index >= 15 is 0 Å². The van der Waals surface area contributed by atoms with Crippen LogP contribution in [0, 0.1) is 40.5 Å². The summed E-state index contributed by atoms with van der Waals surface area (Å²) in [7, 11) is 0. The Bertz CT molecular complexity index is 417. The molecule has 0 aromatic rings. The topological polar surface area (TPSA) is 200 Å². The molecule has 0 spiro atoms. The minimum absolute atomic E-state index is 1.01. The summed E-state index contributed by atoms with van der Waals surface area (Å²) in [5.41, 5.74) is 0. The molecule has 0 fully saturated rings. The molecule has 132 valence electrons. The zero-order valence-electron chi connectivity index (χ0n) is 10.9. The van der Waals surface area contributed by atoms with Crippen molar-refractivity contribution in [1.29, 1.82) is 0 Å². The third-order valence-electron chi connectivity index (χ3n) is 2.02. The van der Waals surface area contributed by atoms with Crippen LogP contribution in [-0.4, -0.2) is 58.3 Å². The van der Waals surface area contributed by atoms with Crippen LogP contribution in [0.25, 0.3) is 0 Å². The molecule has 0 rings (SSSR count). The number of hydrogen-bond acceptors (Lipinski definition) is 11. The van der Waals surface area contributed by atoms with E-state index in [4.69, 9.17) is 0 Å². The highest BCUT2D eigenvalue weighted by Crippen LogP contribution is 2.14. The van der Waals surface area contributed by atoms with Gasteiger partial charge in [0.25, 0.3) is 0 Å². The lowest BCUT2D eigenvalue weighted by Crippen LogP contribution is -2.46. The molecular weight excluding hydrogens is 342 g/mol. The fourth-order valence-corrected chi connectivity index (χ4v) is 0.839. The van der Waals surface area contributed by atoms with Crippen molar-refractivity contribution >= 4 is 0 Å². The first-order chi connectivity index (χ1) is 10.5. The second kappa shape index (κ2) is 8.10. The molecule has 0 aromatic heterocycles. The van der Waals surface area contributed by atoms with Crippen molar-refractivity contribution in [3.05, 3.63) is 40.5 Å². The predicted molar refractivity (Wildman–Crippen MR) is 58.4 cm³/mol. The first-order valence-corrected chi connectivity index (χ1v) is 5.17. The second-order valence-electron chi connectivity index (χ2n) is 3.60. The smallest absolute Gasteiger partial charge is 0.337 e. The normalized spacial score (nSPS) is 11.9. The monoisotopic (exact) mass is 350 g/mol. The van der Waals surface area contributed by atoms with E-state index in [1.807, 2.05) is 0 Å². The summed E-state index contributed by atoms with van der Waals surface area (Å²) in [6, 6.07) is 0. The minimum Gasteiger partial charge on any atom is -0.337 e. The van der Waals surface area contributed by atoms with E-state index < -0.39 is 58.3 Å². The Morgan fingerprint density at radius 1 is 0.652 bits per heavy atom. The first-order valence-electron chi connectivity index (χ1n) is 5.17. The lowest BCUT2D eigenvalue weighted by atomic mass is 10.5. The summed E-state index contributed by atoms with van der Waals surface area (Å²) in [5, 5.41) is 40.6. The minimum atomic E-state index is -4.12. The molecule has 0 amide bonds. The number of nitrogens with zero attached hydrogens (tertiary/aromatic N) is 4. The molecule has 0 radical (unpaired) electrons. The summed E-state index contributed by atoms with van der Waals surface area (Å²) in [6.07, 6.45) is 0. The van der Waals surface area contributed by atoms with E-state index in [1.165, 1.54) is 0 Å². The number of ether oxygens (including phenoxy) is 3. The Morgan fingerprint density at radius 2 is 0.913 bits per heavy atom. The zero-order chi connectivity index (χ0) is 18.3. The quantitative estimate of drug-likeness (QED) is 0.142. The number of halogens is 2. The van der Waals surface area contributed by atoms with Crippen molar-refractivity contribution in [2.45, 2.75) is 11.8 Å². The van der Waals surface area contributed by atoms with Gasteiger partial charge in [0.2, 0.25) is 13.2 Å². The van der Waals surface area contributed by atoms with Gasteiger partial charge in [-0.25, -0.2) is 0 Å². The van der Waals surface area contributed by atoms with Gasteiger partial charge in [0.05, 0.1) is 0 Å². The molecule has 0 N–H and O–H groups in total. The lowest BCUT2D eigenvalue weighted by molar-refractivity contribution is -0.833. The van der Waals surface area contributed by atoms with Gasteiger partial charge in [0, 0.05) is 0 Å². The Morgan fingerprint density at radius 3 is 1.13 bits per heavy atom. The summed E-state index contributed by atoms with van der Waals surface area (Å²) >= 11 is 0. The summed E-state index contributed by atoms with van der Waals surface area (Å²) < 4.78 is 38.8. The SMILES string of the molecule is O=[N+]([O-])C(F)(COCOCOCC(F)([N+](=O)[O-])[N+](=O)[O-])[N+](=O)[O-]. The van der Waals surface area contributed by atoms with Crippen LogP contribution in [0.1, 0.15) is 0 Å². The Labute approximate surface area is 123 Å². The van der Waals surface area contributed by atoms with Crippen molar-refractivity contribution < 1.29 is 42.7 Å². The summed E-state index contributed by atoms with van der Waals surface area (Å²) in [4.78, 5) is 33.2. The molecule has 15 nitrogen and oxygen atoms in total. The molecule has 23 heavy (non-hydrogen) atoms. The Hall–Kier alpha value is -2.66. The van der Waals surface area contributed by atoms with Gasteiger partial charge in [-0.2, -0.15) is 0 Å². The molecule has 0 atom stereocenters. The fraction of sp³-hybridized carbons (Fsp3) is 1.00. The van der Waals surface area contributed by atoms with E-state index in [2.05, 4.69) is 14.2 Å². The maximum Gasteiger partial charge on any atom is 0.637 e. The van der Waals surface area contributed by atoms with Crippen LogP contribution in [0.4, 0.5) is 8.78 Å². The van der Waals surface area contributed by atoms with Crippen LogP contribution >= 0.6 is 0 Å². The average Bonchev–Trinajstić information content (AvgIpc) is 2.44. The second-order valence-corrected chi connectivity index (χ2v) is 3.60. The molecule has 0 aliphatic heterocycles. The van der Waals surface area contributed by atoms with Crippen LogP contribution in [0.15, 0.2) is 0 Å². The van der Waals surface area contributed by atoms with Gasteiger partial charge in [0.1, 0.15) is 19.7 Å². The molecule has 0 saturated heterocycles. The highest BCUT2D eigenvalue weighted by molar-refractivity contribution is 4.49. The van der Waals surface area contributed by atoms with E-state index in [9.17, 15) is 49.2 Å². The number of hydrogen-bond donors (Lipinski definition) is 0. The number of alkyl halides is 2.